The van der Waals surface area contributed by atoms with Crippen LogP contribution in [0.5, 0.6) is 0 Å². The zero-order valence-corrected chi connectivity index (χ0v) is 15.0. The molecule has 0 spiro atoms. The monoisotopic (exact) mass is 341 g/mol. The van der Waals surface area contributed by atoms with Crippen LogP contribution in [0, 0.1) is 0 Å². The lowest BCUT2D eigenvalue weighted by atomic mass is 10.1. The number of nitrogens with two attached hydrogens (primary N) is 1. The van der Waals surface area contributed by atoms with E-state index in [1.807, 2.05) is 6.92 Å². The minimum atomic E-state index is -3.66. The van der Waals surface area contributed by atoms with Crippen molar-refractivity contribution in [2.45, 2.75) is 63.6 Å². The number of amides is 1. The van der Waals surface area contributed by atoms with Crippen LogP contribution < -0.4 is 15.8 Å². The molecule has 0 radical (unpaired) electrons. The second kappa shape index (κ2) is 7.90. The van der Waals surface area contributed by atoms with Crippen molar-refractivity contribution in [2.24, 2.45) is 5.73 Å². The molecule has 23 heavy (non-hydrogen) atoms. The Morgan fingerprint density at radius 3 is 2.43 bits per heavy atom. The maximum atomic E-state index is 12.5. The molecule has 1 aromatic carbocycles. The van der Waals surface area contributed by atoms with Gasteiger partial charge >= 0.3 is 0 Å². The lowest BCUT2D eigenvalue weighted by molar-refractivity contribution is -0.122. The normalized spacial score (nSPS) is 13.6. The first-order chi connectivity index (χ1) is 10.6. The van der Waals surface area contributed by atoms with Crippen molar-refractivity contribution in [3.05, 3.63) is 29.8 Å². The highest BCUT2D eigenvalue weighted by atomic mass is 32.2. The van der Waals surface area contributed by atoms with Gasteiger partial charge in [0.15, 0.2) is 0 Å². The number of sulfonamides is 1. The van der Waals surface area contributed by atoms with E-state index in [1.54, 1.807) is 39.0 Å². The molecule has 0 bridgehead atoms. The third kappa shape index (κ3) is 6.29. The Morgan fingerprint density at radius 1 is 1.26 bits per heavy atom. The predicted octanol–water partition coefficient (Wildman–Crippen LogP) is 1.51. The first-order valence-corrected chi connectivity index (χ1v) is 9.20. The van der Waals surface area contributed by atoms with E-state index in [2.05, 4.69) is 10.0 Å². The van der Waals surface area contributed by atoms with Crippen molar-refractivity contribution in [2.75, 3.05) is 0 Å². The lowest BCUT2D eigenvalue weighted by Crippen LogP contribution is -2.42. The van der Waals surface area contributed by atoms with Crippen molar-refractivity contribution in [3.63, 3.8) is 0 Å². The summed E-state index contributed by atoms with van der Waals surface area (Å²) in [4.78, 5) is 12.1. The number of rotatable bonds is 7. The largest absolute Gasteiger partial charge is 0.351 e. The third-order valence-corrected chi connectivity index (χ3v) is 4.95. The molecule has 0 aliphatic carbocycles. The zero-order valence-electron chi connectivity index (χ0n) is 14.2. The highest BCUT2D eigenvalue weighted by molar-refractivity contribution is 7.89. The summed E-state index contributed by atoms with van der Waals surface area (Å²) in [7, 11) is -3.66. The van der Waals surface area contributed by atoms with Gasteiger partial charge in [-0.1, -0.05) is 31.5 Å². The first-order valence-electron chi connectivity index (χ1n) is 7.72. The van der Waals surface area contributed by atoms with Crippen LogP contribution in [0.2, 0.25) is 0 Å². The van der Waals surface area contributed by atoms with Gasteiger partial charge in [0.2, 0.25) is 15.9 Å². The molecule has 1 amide bonds. The van der Waals surface area contributed by atoms with Gasteiger partial charge in [0.25, 0.3) is 0 Å². The van der Waals surface area contributed by atoms with Crippen molar-refractivity contribution in [1.82, 2.24) is 10.0 Å². The predicted molar refractivity (Wildman–Crippen MR) is 91.2 cm³/mol. The fourth-order valence-electron chi connectivity index (χ4n) is 2.13. The van der Waals surface area contributed by atoms with Crippen LogP contribution in [0.15, 0.2) is 29.2 Å². The first kappa shape index (κ1) is 19.6. The van der Waals surface area contributed by atoms with Gasteiger partial charge in [0.05, 0.1) is 10.9 Å². The van der Waals surface area contributed by atoms with Gasteiger partial charge in [-0.25, -0.2) is 13.1 Å². The van der Waals surface area contributed by atoms with Gasteiger partial charge < -0.3 is 11.1 Å². The van der Waals surface area contributed by atoms with E-state index in [1.165, 1.54) is 6.07 Å². The maximum Gasteiger partial charge on any atom is 0.241 e. The Bertz CT molecular complexity index is 636. The molecule has 1 aromatic rings. The molecule has 0 saturated heterocycles. The van der Waals surface area contributed by atoms with Crippen LogP contribution in [0.25, 0.3) is 0 Å². The molecule has 0 aliphatic rings. The molecule has 1 unspecified atom stereocenters. The Kier molecular flexibility index (Phi) is 6.73. The molecule has 1 rings (SSSR count). The molecule has 4 N–H and O–H groups in total. The molecule has 7 heteroatoms. The number of nitrogens with one attached hydrogen (secondary N) is 2. The fraction of sp³-hybridized carbons (Fsp3) is 0.562. The van der Waals surface area contributed by atoms with Crippen LogP contribution in [0.3, 0.4) is 0 Å². The van der Waals surface area contributed by atoms with Crippen molar-refractivity contribution in [3.8, 4) is 0 Å². The highest BCUT2D eigenvalue weighted by Crippen LogP contribution is 2.17. The van der Waals surface area contributed by atoms with Crippen LogP contribution in [0.1, 0.15) is 46.1 Å². The number of carbonyl (C=O) groups is 1. The average Bonchev–Trinajstić information content (AvgIpc) is 2.42. The summed E-state index contributed by atoms with van der Waals surface area (Å²) in [5.41, 5.74) is 5.70. The van der Waals surface area contributed by atoms with Gasteiger partial charge in [-0.2, -0.15) is 0 Å². The van der Waals surface area contributed by atoms with E-state index in [0.29, 0.717) is 12.0 Å². The summed E-state index contributed by atoms with van der Waals surface area (Å²) in [5, 5.41) is 2.70. The van der Waals surface area contributed by atoms with Gasteiger partial charge in [-0.3, -0.25) is 4.79 Å². The second-order valence-corrected chi connectivity index (χ2v) is 8.23. The van der Waals surface area contributed by atoms with Crippen LogP contribution in [-0.2, 0) is 21.4 Å². The molecule has 130 valence electrons. The number of hydrogen-bond donors (Lipinski definition) is 3. The highest BCUT2D eigenvalue weighted by Gasteiger charge is 2.24. The van der Waals surface area contributed by atoms with Crippen molar-refractivity contribution >= 4 is 15.9 Å². The standard InChI is InChI=1S/C16H27N3O3S/c1-5-8-13(17)15(20)18-11-12-9-6-7-10-14(12)23(21,22)19-16(2,3)4/h6-7,9-10,13,19H,5,8,11,17H2,1-4H3,(H,18,20). The molecule has 6 nitrogen and oxygen atoms in total. The summed E-state index contributed by atoms with van der Waals surface area (Å²) in [6, 6.07) is 6.04. The summed E-state index contributed by atoms with van der Waals surface area (Å²) in [6.07, 6.45) is 1.41. The van der Waals surface area contributed by atoms with E-state index >= 15 is 0 Å². The van der Waals surface area contributed by atoms with Crippen molar-refractivity contribution in [1.29, 1.82) is 0 Å². The third-order valence-electron chi connectivity index (χ3n) is 3.09. The summed E-state index contributed by atoms with van der Waals surface area (Å²) < 4.78 is 27.6. The molecule has 1 atom stereocenters. The van der Waals surface area contributed by atoms with Crippen molar-refractivity contribution < 1.29 is 13.2 Å². The molecule has 0 saturated carbocycles. The van der Waals surface area contributed by atoms with Gasteiger partial charge in [-0.05, 0) is 38.8 Å². The van der Waals surface area contributed by atoms with Crippen LogP contribution in [-0.4, -0.2) is 25.9 Å². The average molecular weight is 341 g/mol. The smallest absolute Gasteiger partial charge is 0.241 e. The van der Waals surface area contributed by atoms with Crippen LogP contribution in [0.4, 0.5) is 0 Å². The van der Waals surface area contributed by atoms with E-state index in [4.69, 9.17) is 5.73 Å². The van der Waals surface area contributed by atoms with Gasteiger partial charge in [-0.15, -0.1) is 0 Å². The maximum absolute atomic E-state index is 12.5. The van der Waals surface area contributed by atoms with E-state index in [9.17, 15) is 13.2 Å². The summed E-state index contributed by atoms with van der Waals surface area (Å²) in [6.45, 7) is 7.40. The minimum Gasteiger partial charge on any atom is -0.351 e. The minimum absolute atomic E-state index is 0.122. The zero-order chi connectivity index (χ0) is 17.7. The molecule has 0 fully saturated rings. The molecular weight excluding hydrogens is 314 g/mol. The Balaban J connectivity index is 2.92. The van der Waals surface area contributed by atoms with Gasteiger partial charge in [0, 0.05) is 12.1 Å². The number of benzene rings is 1. The quantitative estimate of drug-likeness (QED) is 0.699. The fourth-order valence-corrected chi connectivity index (χ4v) is 3.78. The molecule has 0 aromatic heterocycles. The van der Waals surface area contributed by atoms with E-state index < -0.39 is 21.6 Å². The SMILES string of the molecule is CCCC(N)C(=O)NCc1ccccc1S(=O)(=O)NC(C)(C)C. The molecule has 0 aliphatic heterocycles. The summed E-state index contributed by atoms with van der Waals surface area (Å²) >= 11 is 0. The van der Waals surface area contributed by atoms with E-state index in [-0.39, 0.29) is 17.3 Å². The summed E-state index contributed by atoms with van der Waals surface area (Å²) in [5.74, 6) is -0.275. The second-order valence-electron chi connectivity index (χ2n) is 6.58. The lowest BCUT2D eigenvalue weighted by Gasteiger charge is -2.21. The van der Waals surface area contributed by atoms with Crippen LogP contribution >= 0.6 is 0 Å². The molecular formula is C16H27N3O3S. The molecule has 0 heterocycles. The topological polar surface area (TPSA) is 101 Å². The van der Waals surface area contributed by atoms with Gasteiger partial charge in [0.1, 0.15) is 0 Å². The Hall–Kier alpha value is -1.44. The Labute approximate surface area is 138 Å². The Morgan fingerprint density at radius 2 is 1.87 bits per heavy atom. The number of hydrogen-bond acceptors (Lipinski definition) is 4. The number of carbonyl (C=O) groups excluding carboxylic acids is 1. The van der Waals surface area contributed by atoms with E-state index in [0.717, 1.165) is 6.42 Å².